The Kier molecular flexibility index (Phi) is 5.99. The third-order valence-electron chi connectivity index (χ3n) is 5.09. The van der Waals surface area contributed by atoms with Gasteiger partial charge in [0.15, 0.2) is 6.61 Å². The van der Waals surface area contributed by atoms with Crippen molar-refractivity contribution in [3.63, 3.8) is 0 Å². The molecule has 2 aromatic carbocycles. The SMILES string of the molecule is O=C(COC(=O)c1ccc2c(=O)n3c(nc2c1)CCCCC3)Nc1ccc(F)c(Cl)c1. The summed E-state index contributed by atoms with van der Waals surface area (Å²) in [5.74, 6) is -1.20. The highest BCUT2D eigenvalue weighted by Crippen LogP contribution is 2.20. The summed E-state index contributed by atoms with van der Waals surface area (Å²) in [4.78, 5) is 41.7. The molecule has 9 heteroatoms. The average molecular weight is 444 g/mol. The number of nitrogens with one attached hydrogen (secondary N) is 1. The lowest BCUT2D eigenvalue weighted by atomic mass is 10.1. The summed E-state index contributed by atoms with van der Waals surface area (Å²) in [5.41, 5.74) is 0.788. The van der Waals surface area contributed by atoms with Crippen molar-refractivity contribution in [2.24, 2.45) is 0 Å². The number of nitrogens with zero attached hydrogens (tertiary/aromatic N) is 2. The van der Waals surface area contributed by atoms with Gasteiger partial charge in [0.25, 0.3) is 11.5 Å². The number of anilines is 1. The second-order valence-electron chi connectivity index (χ2n) is 7.28. The first kappa shape index (κ1) is 21.0. The fourth-order valence-electron chi connectivity index (χ4n) is 3.53. The summed E-state index contributed by atoms with van der Waals surface area (Å²) in [5, 5.41) is 2.78. The highest BCUT2D eigenvalue weighted by atomic mass is 35.5. The van der Waals surface area contributed by atoms with Gasteiger partial charge >= 0.3 is 5.97 Å². The third-order valence-corrected chi connectivity index (χ3v) is 5.38. The van der Waals surface area contributed by atoms with Crippen molar-refractivity contribution in [3.05, 3.63) is 69.0 Å². The van der Waals surface area contributed by atoms with Crippen LogP contribution in [0.1, 0.15) is 35.4 Å². The molecule has 0 unspecified atom stereocenters. The summed E-state index contributed by atoms with van der Waals surface area (Å²) < 4.78 is 20.0. The molecule has 0 aliphatic carbocycles. The zero-order chi connectivity index (χ0) is 22.0. The molecule has 0 saturated heterocycles. The molecule has 0 radical (unpaired) electrons. The minimum absolute atomic E-state index is 0.112. The van der Waals surface area contributed by atoms with Gasteiger partial charge in [-0.3, -0.25) is 14.2 Å². The van der Waals surface area contributed by atoms with Crippen LogP contribution in [0.15, 0.2) is 41.2 Å². The molecule has 160 valence electrons. The lowest BCUT2D eigenvalue weighted by Gasteiger charge is -2.11. The number of carbonyl (C=O) groups excluding carboxylic acids is 2. The van der Waals surface area contributed by atoms with E-state index in [0.717, 1.165) is 31.2 Å². The summed E-state index contributed by atoms with van der Waals surface area (Å²) in [6, 6.07) is 8.26. The van der Waals surface area contributed by atoms with Crippen LogP contribution in [0.25, 0.3) is 10.9 Å². The number of aromatic nitrogens is 2. The summed E-state index contributed by atoms with van der Waals surface area (Å²) >= 11 is 5.68. The fraction of sp³-hybridized carbons (Fsp3) is 0.273. The molecule has 1 aliphatic heterocycles. The quantitative estimate of drug-likeness (QED) is 0.621. The molecule has 4 rings (SSSR count). The maximum Gasteiger partial charge on any atom is 0.338 e. The van der Waals surface area contributed by atoms with E-state index in [-0.39, 0.29) is 21.8 Å². The Bertz CT molecular complexity index is 1240. The van der Waals surface area contributed by atoms with Crippen molar-refractivity contribution in [1.29, 1.82) is 0 Å². The van der Waals surface area contributed by atoms with Gasteiger partial charge in [-0.25, -0.2) is 14.2 Å². The number of esters is 1. The molecule has 0 spiro atoms. The molecule has 1 aromatic heterocycles. The highest BCUT2D eigenvalue weighted by molar-refractivity contribution is 6.31. The summed E-state index contributed by atoms with van der Waals surface area (Å²) in [6.07, 6.45) is 3.67. The monoisotopic (exact) mass is 443 g/mol. The average Bonchev–Trinajstić information content (AvgIpc) is 3.00. The topological polar surface area (TPSA) is 90.3 Å². The third kappa shape index (κ3) is 4.59. The van der Waals surface area contributed by atoms with Gasteiger partial charge in [-0.15, -0.1) is 0 Å². The number of rotatable bonds is 4. The molecule has 3 aromatic rings. The number of hydrogen-bond acceptors (Lipinski definition) is 5. The minimum Gasteiger partial charge on any atom is -0.452 e. The van der Waals surface area contributed by atoms with Crippen LogP contribution in [0.5, 0.6) is 0 Å². The van der Waals surface area contributed by atoms with Gasteiger partial charge in [-0.1, -0.05) is 18.0 Å². The lowest BCUT2D eigenvalue weighted by Crippen LogP contribution is -2.25. The largest absolute Gasteiger partial charge is 0.452 e. The van der Waals surface area contributed by atoms with Crippen LogP contribution in [0, 0.1) is 5.82 Å². The van der Waals surface area contributed by atoms with Crippen LogP contribution in [-0.4, -0.2) is 28.0 Å². The number of benzene rings is 2. The van der Waals surface area contributed by atoms with Gasteiger partial charge in [0, 0.05) is 18.7 Å². The van der Waals surface area contributed by atoms with Crippen molar-refractivity contribution in [1.82, 2.24) is 9.55 Å². The van der Waals surface area contributed by atoms with Crippen molar-refractivity contribution < 1.29 is 18.7 Å². The number of aryl methyl sites for hydroxylation is 1. The number of carbonyl (C=O) groups is 2. The molecule has 7 nitrogen and oxygen atoms in total. The lowest BCUT2D eigenvalue weighted by molar-refractivity contribution is -0.119. The number of halogens is 2. The molecule has 1 aliphatic rings. The van der Waals surface area contributed by atoms with E-state index in [2.05, 4.69) is 10.3 Å². The van der Waals surface area contributed by atoms with Gasteiger partial charge in [0.1, 0.15) is 11.6 Å². The zero-order valence-electron chi connectivity index (χ0n) is 16.5. The van der Waals surface area contributed by atoms with Gasteiger partial charge in [0.05, 0.1) is 21.5 Å². The first-order valence-electron chi connectivity index (χ1n) is 9.88. The predicted octanol–water partition coefficient (Wildman–Crippen LogP) is 3.71. The van der Waals surface area contributed by atoms with E-state index >= 15 is 0 Å². The van der Waals surface area contributed by atoms with Crippen molar-refractivity contribution in [3.8, 4) is 0 Å². The first-order valence-corrected chi connectivity index (χ1v) is 10.3. The molecule has 31 heavy (non-hydrogen) atoms. The van der Waals surface area contributed by atoms with Crippen LogP contribution >= 0.6 is 11.6 Å². The minimum atomic E-state index is -0.717. The van der Waals surface area contributed by atoms with Crippen LogP contribution in [0.4, 0.5) is 10.1 Å². The number of hydrogen-bond donors (Lipinski definition) is 1. The van der Waals surface area contributed by atoms with Crippen molar-refractivity contribution in [2.75, 3.05) is 11.9 Å². The van der Waals surface area contributed by atoms with E-state index in [4.69, 9.17) is 16.3 Å². The van der Waals surface area contributed by atoms with E-state index in [1.807, 2.05) is 0 Å². The van der Waals surface area contributed by atoms with Crippen LogP contribution in [0.2, 0.25) is 5.02 Å². The second kappa shape index (κ2) is 8.85. The van der Waals surface area contributed by atoms with E-state index in [1.165, 1.54) is 24.3 Å². The van der Waals surface area contributed by atoms with Gasteiger partial charge in [-0.05, 0) is 49.2 Å². The molecular formula is C22H19ClFN3O4. The molecule has 1 amide bonds. The Morgan fingerprint density at radius 1 is 1.16 bits per heavy atom. The Labute approximate surface area is 181 Å². The van der Waals surface area contributed by atoms with Gasteiger partial charge < -0.3 is 10.1 Å². The maximum atomic E-state index is 13.2. The standard InChI is InChI=1S/C22H19ClFN3O4/c23-16-11-14(6-8-17(16)24)25-20(28)12-31-22(30)13-5-7-15-18(10-13)26-19-4-2-1-3-9-27(19)21(15)29/h5-8,10-11H,1-4,9,12H2,(H,25,28). The molecule has 0 fully saturated rings. The molecule has 2 heterocycles. The maximum absolute atomic E-state index is 13.2. The van der Waals surface area contributed by atoms with Crippen molar-refractivity contribution in [2.45, 2.75) is 32.2 Å². The van der Waals surface area contributed by atoms with Gasteiger partial charge in [0.2, 0.25) is 0 Å². The molecule has 0 saturated carbocycles. The van der Waals surface area contributed by atoms with Crippen LogP contribution in [0.3, 0.4) is 0 Å². The van der Waals surface area contributed by atoms with Crippen LogP contribution in [-0.2, 0) is 22.5 Å². The fourth-order valence-corrected chi connectivity index (χ4v) is 3.71. The van der Waals surface area contributed by atoms with Crippen LogP contribution < -0.4 is 10.9 Å². The van der Waals surface area contributed by atoms with E-state index < -0.39 is 24.3 Å². The Morgan fingerprint density at radius 2 is 2.00 bits per heavy atom. The van der Waals surface area contributed by atoms with Crippen molar-refractivity contribution >= 4 is 40.1 Å². The molecule has 1 N–H and O–H groups in total. The van der Waals surface area contributed by atoms with Gasteiger partial charge in [-0.2, -0.15) is 0 Å². The second-order valence-corrected chi connectivity index (χ2v) is 7.69. The Hall–Kier alpha value is -3.26. The number of ether oxygens (including phenoxy) is 1. The molecular weight excluding hydrogens is 425 g/mol. The molecule has 0 atom stereocenters. The number of amides is 1. The first-order chi connectivity index (χ1) is 14.9. The predicted molar refractivity (Wildman–Crippen MR) is 114 cm³/mol. The Morgan fingerprint density at radius 3 is 2.81 bits per heavy atom. The number of fused-ring (bicyclic) bond motifs is 2. The summed E-state index contributed by atoms with van der Waals surface area (Å²) in [6.45, 7) is 0.113. The molecule has 0 bridgehead atoms. The van der Waals surface area contributed by atoms with E-state index in [1.54, 1.807) is 10.6 Å². The normalized spacial score (nSPS) is 13.4. The smallest absolute Gasteiger partial charge is 0.338 e. The zero-order valence-corrected chi connectivity index (χ0v) is 17.2. The highest BCUT2D eigenvalue weighted by Gasteiger charge is 2.16. The summed E-state index contributed by atoms with van der Waals surface area (Å²) in [7, 11) is 0. The van der Waals surface area contributed by atoms with E-state index in [0.29, 0.717) is 23.9 Å². The Balaban J connectivity index is 1.46. The van der Waals surface area contributed by atoms with E-state index in [9.17, 15) is 18.8 Å².